The molecule has 2 N–H and O–H groups in total. The fourth-order valence-corrected chi connectivity index (χ4v) is 1.28. The predicted octanol–water partition coefficient (Wildman–Crippen LogP) is 2.07. The molecule has 0 saturated heterocycles. The Kier molecular flexibility index (Phi) is 4.30. The molecule has 7 heteroatoms. The largest absolute Gasteiger partial charge is 0.478 e. The van der Waals surface area contributed by atoms with Crippen LogP contribution in [-0.2, 0) is 0 Å². The molecule has 98 valence electrons. The zero-order valence-corrected chi connectivity index (χ0v) is 9.12. The Morgan fingerprint density at radius 2 is 1.72 bits per heavy atom. The molecule has 1 aromatic rings. The Bertz CT molecular complexity index is 457. The van der Waals surface area contributed by atoms with Crippen LogP contribution in [0.1, 0.15) is 27.1 Å². The molecule has 4 nitrogen and oxygen atoms in total. The summed E-state index contributed by atoms with van der Waals surface area (Å²) in [6, 6.07) is 5.31. The number of carbonyl (C=O) groups is 2. The molecule has 0 aliphatic heterocycles. The summed E-state index contributed by atoms with van der Waals surface area (Å²) in [5.74, 6) is -2.14. The molecule has 1 aromatic carbocycles. The average Bonchev–Trinajstić information content (AvgIpc) is 2.27. The normalized spacial score (nSPS) is 11.1. The van der Waals surface area contributed by atoms with Crippen LogP contribution in [0.4, 0.5) is 13.2 Å². The van der Waals surface area contributed by atoms with Gasteiger partial charge >= 0.3 is 12.1 Å². The van der Waals surface area contributed by atoms with Gasteiger partial charge in [-0.2, -0.15) is 13.2 Å². The summed E-state index contributed by atoms with van der Waals surface area (Å²) in [6.07, 6.45) is -5.52. The molecule has 0 radical (unpaired) electrons. The second kappa shape index (κ2) is 5.52. The van der Waals surface area contributed by atoms with Crippen LogP contribution in [-0.4, -0.2) is 29.7 Å². The van der Waals surface area contributed by atoms with Crippen molar-refractivity contribution >= 4 is 11.9 Å². The first-order valence-electron chi connectivity index (χ1n) is 4.98. The van der Waals surface area contributed by atoms with Gasteiger partial charge in [-0.3, -0.25) is 4.79 Å². The molecule has 0 aromatic heterocycles. The topological polar surface area (TPSA) is 66.4 Å². The number of aromatic carboxylic acids is 1. The average molecular weight is 261 g/mol. The zero-order valence-electron chi connectivity index (χ0n) is 9.12. The minimum atomic E-state index is -4.36. The van der Waals surface area contributed by atoms with Crippen molar-refractivity contribution in [2.75, 3.05) is 6.54 Å². The maximum Gasteiger partial charge on any atom is 0.390 e. The van der Waals surface area contributed by atoms with Gasteiger partial charge in [0.2, 0.25) is 0 Å². The molecule has 1 rings (SSSR count). The van der Waals surface area contributed by atoms with Gasteiger partial charge in [-0.15, -0.1) is 0 Å². The number of nitrogens with one attached hydrogen (secondary N) is 1. The van der Waals surface area contributed by atoms with Gasteiger partial charge < -0.3 is 10.4 Å². The fourth-order valence-electron chi connectivity index (χ4n) is 1.28. The van der Waals surface area contributed by atoms with Gasteiger partial charge in [0.25, 0.3) is 5.91 Å². The number of hydrogen-bond acceptors (Lipinski definition) is 2. The maximum atomic E-state index is 11.9. The van der Waals surface area contributed by atoms with E-state index >= 15 is 0 Å². The predicted molar refractivity (Wildman–Crippen MR) is 56.4 cm³/mol. The molecule has 1 amide bonds. The standard InChI is InChI=1S/C11H10F3NO3/c12-11(13,14)5-6-15-9(16)7-3-1-2-4-8(7)10(17)18/h1-4H,5-6H2,(H,15,16)(H,17,18). The van der Waals surface area contributed by atoms with Crippen molar-refractivity contribution in [2.24, 2.45) is 0 Å². The molecule has 0 atom stereocenters. The van der Waals surface area contributed by atoms with E-state index in [1.165, 1.54) is 24.3 Å². The van der Waals surface area contributed by atoms with Crippen LogP contribution >= 0.6 is 0 Å². The van der Waals surface area contributed by atoms with Gasteiger partial charge in [-0.1, -0.05) is 12.1 Å². The molecule has 0 fully saturated rings. The summed E-state index contributed by atoms with van der Waals surface area (Å²) < 4.78 is 35.6. The highest BCUT2D eigenvalue weighted by Crippen LogP contribution is 2.18. The zero-order chi connectivity index (χ0) is 13.8. The van der Waals surface area contributed by atoms with Gasteiger partial charge in [0, 0.05) is 6.54 Å². The van der Waals surface area contributed by atoms with Crippen molar-refractivity contribution in [2.45, 2.75) is 12.6 Å². The number of hydrogen-bond donors (Lipinski definition) is 2. The molecule has 0 spiro atoms. The van der Waals surface area contributed by atoms with Crippen molar-refractivity contribution in [1.82, 2.24) is 5.32 Å². The number of carboxylic acids is 1. The first-order chi connectivity index (χ1) is 8.31. The molecule has 0 aliphatic carbocycles. The molecule has 0 bridgehead atoms. The number of carbonyl (C=O) groups excluding carboxylic acids is 1. The Hall–Kier alpha value is -2.05. The Labute approximate surface area is 100 Å². The third kappa shape index (κ3) is 4.08. The van der Waals surface area contributed by atoms with Crippen LogP contribution in [0, 0.1) is 0 Å². The number of alkyl halides is 3. The van der Waals surface area contributed by atoms with Gasteiger partial charge in [0.05, 0.1) is 17.5 Å². The maximum absolute atomic E-state index is 11.9. The van der Waals surface area contributed by atoms with E-state index in [4.69, 9.17) is 5.11 Å². The fraction of sp³-hybridized carbons (Fsp3) is 0.273. The van der Waals surface area contributed by atoms with Gasteiger partial charge in [0.1, 0.15) is 0 Å². The lowest BCUT2D eigenvalue weighted by molar-refractivity contribution is -0.133. The van der Waals surface area contributed by atoms with Crippen molar-refractivity contribution in [3.8, 4) is 0 Å². The van der Waals surface area contributed by atoms with E-state index in [2.05, 4.69) is 0 Å². The number of rotatable bonds is 4. The Balaban J connectivity index is 2.70. The lowest BCUT2D eigenvalue weighted by Crippen LogP contribution is -2.29. The van der Waals surface area contributed by atoms with E-state index in [1.54, 1.807) is 0 Å². The van der Waals surface area contributed by atoms with E-state index in [0.717, 1.165) is 0 Å². The van der Waals surface area contributed by atoms with Crippen molar-refractivity contribution in [3.05, 3.63) is 35.4 Å². The van der Waals surface area contributed by atoms with Crippen LogP contribution in [0.15, 0.2) is 24.3 Å². The van der Waals surface area contributed by atoms with E-state index in [0.29, 0.717) is 0 Å². The minimum Gasteiger partial charge on any atom is -0.478 e. The minimum absolute atomic E-state index is 0.160. The molecule has 0 heterocycles. The van der Waals surface area contributed by atoms with Crippen molar-refractivity contribution < 1.29 is 27.9 Å². The smallest absolute Gasteiger partial charge is 0.390 e. The summed E-state index contributed by atoms with van der Waals surface area (Å²) >= 11 is 0. The SMILES string of the molecule is O=C(O)c1ccccc1C(=O)NCCC(F)(F)F. The molecular formula is C11H10F3NO3. The quantitative estimate of drug-likeness (QED) is 0.871. The summed E-state index contributed by atoms with van der Waals surface area (Å²) in [4.78, 5) is 22.3. The van der Waals surface area contributed by atoms with Crippen LogP contribution in [0.3, 0.4) is 0 Å². The highest BCUT2D eigenvalue weighted by atomic mass is 19.4. The van der Waals surface area contributed by atoms with Crippen LogP contribution in [0.25, 0.3) is 0 Å². The highest BCUT2D eigenvalue weighted by Gasteiger charge is 2.27. The number of carboxylic acid groups (broad SMARTS) is 1. The van der Waals surface area contributed by atoms with E-state index in [-0.39, 0.29) is 11.1 Å². The molecular weight excluding hydrogens is 251 g/mol. The monoisotopic (exact) mass is 261 g/mol. The summed E-state index contributed by atoms with van der Waals surface area (Å²) in [7, 11) is 0. The summed E-state index contributed by atoms with van der Waals surface area (Å²) in [5, 5.41) is 10.8. The van der Waals surface area contributed by atoms with Crippen LogP contribution in [0.5, 0.6) is 0 Å². The van der Waals surface area contributed by atoms with Gasteiger partial charge in [-0.05, 0) is 12.1 Å². The number of halogens is 3. The van der Waals surface area contributed by atoms with Gasteiger partial charge in [0.15, 0.2) is 0 Å². The highest BCUT2D eigenvalue weighted by molar-refractivity contribution is 6.04. The first-order valence-corrected chi connectivity index (χ1v) is 4.98. The molecule has 0 saturated carbocycles. The van der Waals surface area contributed by atoms with E-state index in [1.807, 2.05) is 5.32 Å². The summed E-state index contributed by atoms with van der Waals surface area (Å²) in [5.41, 5.74) is -0.408. The third-order valence-electron chi connectivity index (χ3n) is 2.10. The van der Waals surface area contributed by atoms with Crippen LogP contribution < -0.4 is 5.32 Å². The first kappa shape index (κ1) is 14.0. The van der Waals surface area contributed by atoms with E-state index in [9.17, 15) is 22.8 Å². The molecule has 0 aliphatic rings. The number of benzene rings is 1. The summed E-state index contributed by atoms with van der Waals surface area (Å²) in [6.45, 7) is -0.587. The Morgan fingerprint density at radius 1 is 1.17 bits per heavy atom. The van der Waals surface area contributed by atoms with E-state index < -0.39 is 31.0 Å². The van der Waals surface area contributed by atoms with Crippen molar-refractivity contribution in [1.29, 1.82) is 0 Å². The lowest BCUT2D eigenvalue weighted by atomic mass is 10.1. The Morgan fingerprint density at radius 3 is 2.22 bits per heavy atom. The van der Waals surface area contributed by atoms with Gasteiger partial charge in [-0.25, -0.2) is 4.79 Å². The molecule has 18 heavy (non-hydrogen) atoms. The second-order valence-electron chi connectivity index (χ2n) is 3.47. The molecule has 0 unspecified atom stereocenters. The van der Waals surface area contributed by atoms with Crippen LogP contribution in [0.2, 0.25) is 0 Å². The lowest BCUT2D eigenvalue weighted by Gasteiger charge is -2.09. The second-order valence-corrected chi connectivity index (χ2v) is 3.47. The third-order valence-corrected chi connectivity index (χ3v) is 2.10. The number of amides is 1. The van der Waals surface area contributed by atoms with Crippen molar-refractivity contribution in [3.63, 3.8) is 0 Å².